The van der Waals surface area contributed by atoms with E-state index in [0.717, 1.165) is 34.5 Å². The molecule has 1 aromatic carbocycles. The van der Waals surface area contributed by atoms with Crippen LogP contribution in [0.2, 0.25) is 0 Å². The molecule has 1 unspecified atom stereocenters. The predicted octanol–water partition coefficient (Wildman–Crippen LogP) is 3.32. The van der Waals surface area contributed by atoms with E-state index in [1.807, 2.05) is 32.0 Å². The molecular weight excluding hydrogens is 396 g/mol. The Labute approximate surface area is 182 Å². The van der Waals surface area contributed by atoms with Crippen LogP contribution in [-0.2, 0) is 6.42 Å². The van der Waals surface area contributed by atoms with Crippen LogP contribution in [0.4, 0.5) is 0 Å². The van der Waals surface area contributed by atoms with Crippen LogP contribution in [0.15, 0.2) is 28.8 Å². The molecule has 0 saturated carbocycles. The molecule has 3 aromatic rings. The van der Waals surface area contributed by atoms with Gasteiger partial charge in [0.15, 0.2) is 11.5 Å². The largest absolute Gasteiger partial charge is 0.493 e. The van der Waals surface area contributed by atoms with Crippen molar-refractivity contribution >= 4 is 0 Å². The van der Waals surface area contributed by atoms with Crippen molar-refractivity contribution in [2.24, 2.45) is 11.7 Å². The highest BCUT2D eigenvalue weighted by Gasteiger charge is 2.17. The number of ether oxygens (including phenoxy) is 2. The second-order valence-corrected chi connectivity index (χ2v) is 8.03. The van der Waals surface area contributed by atoms with E-state index in [1.54, 1.807) is 13.2 Å². The second kappa shape index (κ2) is 9.89. The molecule has 3 rings (SSSR count). The van der Waals surface area contributed by atoms with Gasteiger partial charge in [-0.3, -0.25) is 4.98 Å². The molecule has 0 amide bonds. The molecule has 166 valence electrons. The van der Waals surface area contributed by atoms with Gasteiger partial charge in [-0.15, -0.1) is 0 Å². The number of hydrogen-bond acceptors (Lipinski definition) is 8. The lowest BCUT2D eigenvalue weighted by Crippen LogP contribution is -2.26. The minimum absolute atomic E-state index is 0.0828. The highest BCUT2D eigenvalue weighted by molar-refractivity contribution is 5.65. The van der Waals surface area contributed by atoms with Gasteiger partial charge >= 0.3 is 0 Å². The quantitative estimate of drug-likeness (QED) is 0.535. The SMILES string of the molecule is COc1cc(-c2noc(-c3cc(C)nc(CC(C)C)c3)n2)cc(C)c1OCC(O)CN. The maximum atomic E-state index is 9.68. The Hall–Kier alpha value is -2.97. The molecule has 0 aliphatic carbocycles. The number of nitrogens with two attached hydrogens (primary N) is 1. The van der Waals surface area contributed by atoms with Crippen LogP contribution in [0.1, 0.15) is 30.8 Å². The molecule has 3 N–H and O–H groups in total. The van der Waals surface area contributed by atoms with Crippen molar-refractivity contribution in [3.8, 4) is 34.3 Å². The number of aryl methyl sites for hydroxylation is 2. The predicted molar refractivity (Wildman–Crippen MR) is 118 cm³/mol. The minimum Gasteiger partial charge on any atom is -0.493 e. The van der Waals surface area contributed by atoms with Gasteiger partial charge in [-0.05, 0) is 56.0 Å². The molecule has 2 heterocycles. The molecule has 0 fully saturated rings. The summed E-state index contributed by atoms with van der Waals surface area (Å²) in [4.78, 5) is 9.19. The molecule has 0 aliphatic heterocycles. The molecule has 31 heavy (non-hydrogen) atoms. The summed E-state index contributed by atoms with van der Waals surface area (Å²) in [5.41, 5.74) is 9.77. The molecule has 0 bridgehead atoms. The van der Waals surface area contributed by atoms with Crippen molar-refractivity contribution in [3.05, 3.63) is 41.2 Å². The normalized spacial score (nSPS) is 12.3. The summed E-state index contributed by atoms with van der Waals surface area (Å²) in [5, 5.41) is 13.8. The third-order valence-corrected chi connectivity index (χ3v) is 4.71. The summed E-state index contributed by atoms with van der Waals surface area (Å²) < 4.78 is 16.7. The molecule has 8 nitrogen and oxygen atoms in total. The third-order valence-electron chi connectivity index (χ3n) is 4.71. The van der Waals surface area contributed by atoms with Gasteiger partial charge in [-0.2, -0.15) is 4.98 Å². The monoisotopic (exact) mass is 426 g/mol. The molecule has 0 saturated heterocycles. The number of nitrogens with zero attached hydrogens (tertiary/aromatic N) is 3. The number of hydrogen-bond donors (Lipinski definition) is 2. The summed E-state index contributed by atoms with van der Waals surface area (Å²) in [6.45, 7) is 8.38. The fraction of sp³-hybridized carbons (Fsp3) is 0.435. The molecule has 0 radical (unpaired) electrons. The zero-order valence-corrected chi connectivity index (χ0v) is 18.7. The maximum Gasteiger partial charge on any atom is 0.258 e. The minimum atomic E-state index is -0.743. The highest BCUT2D eigenvalue weighted by atomic mass is 16.5. The van der Waals surface area contributed by atoms with Crippen LogP contribution < -0.4 is 15.2 Å². The van der Waals surface area contributed by atoms with Crippen LogP contribution in [0.5, 0.6) is 11.5 Å². The lowest BCUT2D eigenvalue weighted by Gasteiger charge is -2.16. The Morgan fingerprint density at radius 2 is 1.87 bits per heavy atom. The van der Waals surface area contributed by atoms with Gasteiger partial charge in [0.05, 0.1) is 7.11 Å². The number of methoxy groups -OCH3 is 1. The van der Waals surface area contributed by atoms with Gasteiger partial charge < -0.3 is 24.8 Å². The van der Waals surface area contributed by atoms with Crippen molar-refractivity contribution in [1.29, 1.82) is 0 Å². The zero-order valence-electron chi connectivity index (χ0n) is 18.7. The first-order valence-corrected chi connectivity index (χ1v) is 10.3. The Balaban J connectivity index is 1.90. The molecular formula is C23H30N4O4. The Morgan fingerprint density at radius 3 is 2.55 bits per heavy atom. The van der Waals surface area contributed by atoms with Crippen molar-refractivity contribution in [2.45, 2.75) is 40.2 Å². The molecule has 2 aromatic heterocycles. The third kappa shape index (κ3) is 5.59. The Kier molecular flexibility index (Phi) is 7.25. The maximum absolute atomic E-state index is 9.68. The standard InChI is InChI=1S/C23H30N4O4/c1-13(2)6-18-9-17(8-15(4)25-18)23-26-22(27-31-23)16-7-14(3)21(20(10-16)29-5)30-12-19(28)11-24/h7-10,13,19,28H,6,11-12,24H2,1-5H3. The smallest absolute Gasteiger partial charge is 0.258 e. The van der Waals surface area contributed by atoms with Gasteiger partial charge in [0.2, 0.25) is 5.82 Å². The van der Waals surface area contributed by atoms with Crippen LogP contribution >= 0.6 is 0 Å². The first kappa shape index (κ1) is 22.7. The number of rotatable bonds is 9. The summed E-state index contributed by atoms with van der Waals surface area (Å²) in [5.74, 6) is 2.45. The van der Waals surface area contributed by atoms with Crippen molar-refractivity contribution in [2.75, 3.05) is 20.3 Å². The van der Waals surface area contributed by atoms with Gasteiger partial charge in [0.25, 0.3) is 5.89 Å². The number of pyridine rings is 1. The lowest BCUT2D eigenvalue weighted by atomic mass is 10.1. The van der Waals surface area contributed by atoms with E-state index in [4.69, 9.17) is 19.7 Å². The van der Waals surface area contributed by atoms with E-state index < -0.39 is 6.10 Å². The van der Waals surface area contributed by atoms with Crippen molar-refractivity contribution in [3.63, 3.8) is 0 Å². The van der Waals surface area contributed by atoms with Gasteiger partial charge in [-0.25, -0.2) is 0 Å². The molecule has 0 spiro atoms. The lowest BCUT2D eigenvalue weighted by molar-refractivity contribution is 0.112. The molecule has 1 atom stereocenters. The number of aromatic nitrogens is 3. The molecule has 8 heteroatoms. The topological polar surface area (TPSA) is 117 Å². The summed E-state index contributed by atoms with van der Waals surface area (Å²) in [7, 11) is 1.56. The van der Waals surface area contributed by atoms with Crippen LogP contribution in [0.25, 0.3) is 22.8 Å². The number of aliphatic hydroxyl groups excluding tert-OH is 1. The Morgan fingerprint density at radius 1 is 1.10 bits per heavy atom. The number of benzene rings is 1. The second-order valence-electron chi connectivity index (χ2n) is 8.03. The van der Waals surface area contributed by atoms with E-state index >= 15 is 0 Å². The van der Waals surface area contributed by atoms with Crippen LogP contribution in [-0.4, -0.2) is 46.6 Å². The van der Waals surface area contributed by atoms with Gasteiger partial charge in [0, 0.05) is 29.1 Å². The van der Waals surface area contributed by atoms with Gasteiger partial charge in [-0.1, -0.05) is 19.0 Å². The van der Waals surface area contributed by atoms with E-state index in [1.165, 1.54) is 0 Å². The average molecular weight is 427 g/mol. The van der Waals surface area contributed by atoms with Crippen molar-refractivity contribution in [1.82, 2.24) is 15.1 Å². The highest BCUT2D eigenvalue weighted by Crippen LogP contribution is 2.36. The fourth-order valence-electron chi connectivity index (χ4n) is 3.30. The van der Waals surface area contributed by atoms with Crippen LogP contribution in [0.3, 0.4) is 0 Å². The first-order valence-electron chi connectivity index (χ1n) is 10.3. The fourth-order valence-corrected chi connectivity index (χ4v) is 3.30. The average Bonchev–Trinajstić information content (AvgIpc) is 3.21. The summed E-state index contributed by atoms with van der Waals surface area (Å²) in [6, 6.07) is 7.61. The molecule has 0 aliphatic rings. The van der Waals surface area contributed by atoms with E-state index in [2.05, 4.69) is 29.0 Å². The van der Waals surface area contributed by atoms with E-state index in [0.29, 0.717) is 29.1 Å². The van der Waals surface area contributed by atoms with E-state index in [9.17, 15) is 5.11 Å². The zero-order chi connectivity index (χ0) is 22.5. The first-order chi connectivity index (χ1) is 14.8. The number of aliphatic hydroxyl groups is 1. The van der Waals surface area contributed by atoms with Gasteiger partial charge in [0.1, 0.15) is 12.7 Å². The summed E-state index contributed by atoms with van der Waals surface area (Å²) >= 11 is 0. The Bertz CT molecular complexity index is 1030. The van der Waals surface area contributed by atoms with E-state index in [-0.39, 0.29) is 13.2 Å². The van der Waals surface area contributed by atoms with Crippen LogP contribution in [0, 0.1) is 19.8 Å². The van der Waals surface area contributed by atoms with Crippen molar-refractivity contribution < 1.29 is 19.1 Å². The summed E-state index contributed by atoms with van der Waals surface area (Å²) in [6.07, 6.45) is 0.139.